The zero-order valence-electron chi connectivity index (χ0n) is 21.6. The predicted molar refractivity (Wildman–Crippen MR) is 152 cm³/mol. The lowest BCUT2D eigenvalue weighted by Gasteiger charge is -2.26. The van der Waals surface area contributed by atoms with Gasteiger partial charge in [-0.2, -0.15) is 13.5 Å². The molecule has 0 atom stereocenters. The molecule has 0 unspecified atom stereocenters. The molecule has 1 aliphatic heterocycles. The van der Waals surface area contributed by atoms with Crippen LogP contribution in [0.4, 0.5) is 0 Å². The van der Waals surface area contributed by atoms with Gasteiger partial charge in [0.05, 0.1) is 4.90 Å². The number of hydrogen-bond acceptors (Lipinski definition) is 5. The topological polar surface area (TPSA) is 85.2 Å². The average Bonchev–Trinajstić information content (AvgIpc) is 3.38. The summed E-state index contributed by atoms with van der Waals surface area (Å²) in [6, 6.07) is 25.6. The summed E-state index contributed by atoms with van der Waals surface area (Å²) in [5.74, 6) is 0.0591. The SMILES string of the molecule is Cc1ccc(S(=O)(=O)n2nc(-c3ccccc3)c3cc(-c4ccc(C(=O)N5CCCCC5)cc4)cnc32)cc1. The number of rotatable bonds is 5. The number of aryl methyl sites for hydroxylation is 1. The molecule has 1 fully saturated rings. The molecule has 6 rings (SSSR count). The molecule has 0 aliphatic carbocycles. The Kier molecular flexibility index (Phi) is 6.48. The lowest BCUT2D eigenvalue weighted by Crippen LogP contribution is -2.35. The summed E-state index contributed by atoms with van der Waals surface area (Å²) in [7, 11) is -3.97. The van der Waals surface area contributed by atoms with Gasteiger partial charge in [-0.15, -0.1) is 4.09 Å². The first-order valence-corrected chi connectivity index (χ1v) is 14.5. The van der Waals surface area contributed by atoms with E-state index in [9.17, 15) is 13.2 Å². The molecule has 196 valence electrons. The van der Waals surface area contributed by atoms with Gasteiger partial charge in [0.2, 0.25) is 0 Å². The fourth-order valence-corrected chi connectivity index (χ4v) is 6.25. The lowest BCUT2D eigenvalue weighted by atomic mass is 10.0. The van der Waals surface area contributed by atoms with E-state index in [1.807, 2.05) is 72.5 Å². The molecule has 0 N–H and O–H groups in total. The van der Waals surface area contributed by atoms with Crippen LogP contribution in [-0.4, -0.2) is 46.5 Å². The number of fused-ring (bicyclic) bond motifs is 1. The van der Waals surface area contributed by atoms with Gasteiger partial charge in [-0.05, 0) is 62.1 Å². The van der Waals surface area contributed by atoms with E-state index in [1.165, 1.54) is 6.42 Å². The summed E-state index contributed by atoms with van der Waals surface area (Å²) < 4.78 is 28.3. The number of hydrogen-bond donors (Lipinski definition) is 0. The van der Waals surface area contributed by atoms with E-state index in [4.69, 9.17) is 0 Å². The van der Waals surface area contributed by atoms with Crippen molar-refractivity contribution in [2.75, 3.05) is 13.1 Å². The minimum absolute atomic E-state index is 0.0591. The maximum absolute atomic E-state index is 13.6. The summed E-state index contributed by atoms with van der Waals surface area (Å²) in [6.07, 6.45) is 4.92. The largest absolute Gasteiger partial charge is 0.339 e. The lowest BCUT2D eigenvalue weighted by molar-refractivity contribution is 0.0724. The summed E-state index contributed by atoms with van der Waals surface area (Å²) in [4.78, 5) is 19.6. The number of nitrogens with zero attached hydrogens (tertiary/aromatic N) is 4. The number of amides is 1. The Balaban J connectivity index is 1.43. The molecule has 7 nitrogen and oxygen atoms in total. The van der Waals surface area contributed by atoms with E-state index < -0.39 is 10.0 Å². The third kappa shape index (κ3) is 4.72. The molecule has 39 heavy (non-hydrogen) atoms. The van der Waals surface area contributed by atoms with E-state index in [1.54, 1.807) is 30.5 Å². The number of pyridine rings is 1. The number of likely N-dealkylation sites (tertiary alicyclic amines) is 1. The molecule has 0 bridgehead atoms. The highest BCUT2D eigenvalue weighted by Gasteiger charge is 2.25. The third-order valence-corrected chi connectivity index (χ3v) is 8.77. The maximum Gasteiger partial charge on any atom is 0.284 e. The van der Waals surface area contributed by atoms with E-state index in [-0.39, 0.29) is 16.4 Å². The quantitative estimate of drug-likeness (QED) is 0.278. The molecule has 0 spiro atoms. The van der Waals surface area contributed by atoms with Crippen LogP contribution in [0.5, 0.6) is 0 Å². The van der Waals surface area contributed by atoms with Crippen LogP contribution in [0.25, 0.3) is 33.4 Å². The standard InChI is InChI=1S/C31H28N4O3S/c1-22-10-16-27(17-11-22)39(37,38)35-30-28(29(33-35)24-8-4-2-5-9-24)20-26(21-32-30)23-12-14-25(15-13-23)31(36)34-18-6-3-7-19-34/h2,4-5,8-17,20-21H,3,6-7,18-19H2,1H3. The van der Waals surface area contributed by atoms with Gasteiger partial charge in [0.1, 0.15) is 5.69 Å². The monoisotopic (exact) mass is 536 g/mol. The predicted octanol–water partition coefficient (Wildman–Crippen LogP) is 5.94. The molecule has 2 aromatic heterocycles. The van der Waals surface area contributed by atoms with Crippen LogP contribution >= 0.6 is 0 Å². The molecule has 1 aliphatic rings. The minimum atomic E-state index is -3.97. The van der Waals surface area contributed by atoms with Crippen molar-refractivity contribution in [3.8, 4) is 22.4 Å². The first kappa shape index (κ1) is 25.0. The van der Waals surface area contributed by atoms with Crippen molar-refractivity contribution in [2.45, 2.75) is 31.1 Å². The average molecular weight is 537 g/mol. The molecular weight excluding hydrogens is 508 g/mol. The molecule has 1 amide bonds. The van der Waals surface area contributed by atoms with Crippen LogP contribution in [0.1, 0.15) is 35.2 Å². The van der Waals surface area contributed by atoms with Crippen molar-refractivity contribution in [1.29, 1.82) is 0 Å². The summed E-state index contributed by atoms with van der Waals surface area (Å²) in [5, 5.41) is 5.20. The molecular formula is C31H28N4O3S. The van der Waals surface area contributed by atoms with Crippen LogP contribution in [0.3, 0.4) is 0 Å². The summed E-state index contributed by atoms with van der Waals surface area (Å²) >= 11 is 0. The van der Waals surface area contributed by atoms with E-state index in [2.05, 4.69) is 10.1 Å². The second-order valence-corrected chi connectivity index (χ2v) is 11.7. The molecule has 3 aromatic carbocycles. The fourth-order valence-electron chi connectivity index (χ4n) is 5.01. The van der Waals surface area contributed by atoms with Crippen LogP contribution in [0.2, 0.25) is 0 Å². The minimum Gasteiger partial charge on any atom is -0.339 e. The fraction of sp³-hybridized carbons (Fsp3) is 0.194. The Morgan fingerprint density at radius 1 is 0.795 bits per heavy atom. The molecule has 3 heterocycles. The number of aromatic nitrogens is 3. The highest BCUT2D eigenvalue weighted by Crippen LogP contribution is 2.32. The normalized spacial score (nSPS) is 14.0. The van der Waals surface area contributed by atoms with Crippen molar-refractivity contribution in [3.05, 3.63) is 102 Å². The second-order valence-electron chi connectivity index (χ2n) is 9.90. The van der Waals surface area contributed by atoms with Crippen LogP contribution in [0, 0.1) is 6.92 Å². The van der Waals surface area contributed by atoms with Gasteiger partial charge in [-0.25, -0.2) is 4.98 Å². The van der Waals surface area contributed by atoms with Gasteiger partial charge >= 0.3 is 0 Å². The summed E-state index contributed by atoms with van der Waals surface area (Å²) in [6.45, 7) is 3.52. The highest BCUT2D eigenvalue weighted by atomic mass is 32.2. The Hall–Kier alpha value is -4.30. The van der Waals surface area contributed by atoms with Crippen molar-refractivity contribution in [2.24, 2.45) is 0 Å². The zero-order valence-corrected chi connectivity index (χ0v) is 22.4. The number of carbonyl (C=O) groups excluding carboxylic acids is 1. The van der Waals surface area contributed by atoms with Crippen molar-refractivity contribution in [1.82, 2.24) is 19.1 Å². The molecule has 1 saturated heterocycles. The van der Waals surface area contributed by atoms with Gasteiger partial charge in [0.15, 0.2) is 5.65 Å². The smallest absolute Gasteiger partial charge is 0.284 e. The first-order valence-electron chi connectivity index (χ1n) is 13.1. The zero-order chi connectivity index (χ0) is 27.0. The van der Waals surface area contributed by atoms with Crippen LogP contribution < -0.4 is 0 Å². The van der Waals surface area contributed by atoms with Crippen LogP contribution in [-0.2, 0) is 10.0 Å². The Bertz CT molecular complexity index is 1760. The molecule has 0 radical (unpaired) electrons. The third-order valence-electron chi connectivity index (χ3n) is 7.20. The Morgan fingerprint density at radius 2 is 1.49 bits per heavy atom. The van der Waals surface area contributed by atoms with E-state index >= 15 is 0 Å². The van der Waals surface area contributed by atoms with Gasteiger partial charge < -0.3 is 4.90 Å². The van der Waals surface area contributed by atoms with Crippen molar-refractivity contribution < 1.29 is 13.2 Å². The Labute approximate surface area is 227 Å². The van der Waals surface area contributed by atoms with E-state index in [0.29, 0.717) is 16.6 Å². The molecule has 8 heteroatoms. The second kappa shape index (κ2) is 10.1. The summed E-state index contributed by atoms with van der Waals surface area (Å²) in [5.41, 5.74) is 4.91. The maximum atomic E-state index is 13.6. The van der Waals surface area contributed by atoms with Crippen LogP contribution in [0.15, 0.2) is 96.0 Å². The van der Waals surface area contributed by atoms with Crippen molar-refractivity contribution >= 4 is 27.0 Å². The molecule has 0 saturated carbocycles. The number of piperidine rings is 1. The van der Waals surface area contributed by atoms with Gasteiger partial charge in [-0.3, -0.25) is 4.79 Å². The van der Waals surface area contributed by atoms with E-state index in [0.717, 1.165) is 52.3 Å². The number of carbonyl (C=O) groups is 1. The highest BCUT2D eigenvalue weighted by molar-refractivity contribution is 7.90. The van der Waals surface area contributed by atoms with Gasteiger partial charge in [0.25, 0.3) is 15.9 Å². The van der Waals surface area contributed by atoms with Crippen molar-refractivity contribution in [3.63, 3.8) is 0 Å². The Morgan fingerprint density at radius 3 is 2.18 bits per heavy atom. The first-order chi connectivity index (χ1) is 18.9. The molecule has 5 aromatic rings. The van der Waals surface area contributed by atoms with Gasteiger partial charge in [0, 0.05) is 41.4 Å². The van der Waals surface area contributed by atoms with Gasteiger partial charge in [-0.1, -0.05) is 60.2 Å². The number of benzene rings is 3.